The van der Waals surface area contributed by atoms with E-state index < -0.39 is 23.3 Å². The lowest BCUT2D eigenvalue weighted by Crippen LogP contribution is -2.33. The van der Waals surface area contributed by atoms with Crippen LogP contribution in [0.25, 0.3) is 0 Å². The van der Waals surface area contributed by atoms with Gasteiger partial charge in [0.25, 0.3) is 11.7 Å². The Bertz CT molecular complexity index is 558. The highest BCUT2D eigenvalue weighted by molar-refractivity contribution is 6.52. The minimum absolute atomic E-state index is 0.0641. The molecule has 0 saturated carbocycles. The quantitative estimate of drug-likeness (QED) is 0.662. The highest BCUT2D eigenvalue weighted by Gasteiger charge is 2.36. The fourth-order valence-electron chi connectivity index (χ4n) is 2.14. The predicted octanol–water partition coefficient (Wildman–Crippen LogP) is 1.88. The van der Waals surface area contributed by atoms with Gasteiger partial charge in [-0.05, 0) is 19.0 Å². The molecule has 1 aliphatic rings. The Morgan fingerprint density at radius 1 is 1.20 bits per heavy atom. The van der Waals surface area contributed by atoms with Gasteiger partial charge in [-0.2, -0.15) is 0 Å². The van der Waals surface area contributed by atoms with E-state index in [0.29, 0.717) is 25.6 Å². The second kappa shape index (κ2) is 5.66. The van der Waals surface area contributed by atoms with E-state index in [0.717, 1.165) is 12.1 Å². The van der Waals surface area contributed by atoms with Gasteiger partial charge >= 0.3 is 0 Å². The molecule has 20 heavy (non-hydrogen) atoms. The summed E-state index contributed by atoms with van der Waals surface area (Å²) in [5.41, 5.74) is 0.0918. The van der Waals surface area contributed by atoms with Crippen LogP contribution < -0.4 is 10.2 Å². The molecule has 0 aliphatic carbocycles. The van der Waals surface area contributed by atoms with Gasteiger partial charge in [0.05, 0.1) is 11.3 Å². The predicted molar refractivity (Wildman–Crippen MR) is 70.8 cm³/mol. The van der Waals surface area contributed by atoms with E-state index in [4.69, 9.17) is 0 Å². The van der Waals surface area contributed by atoms with Crippen LogP contribution in [-0.2, 0) is 4.79 Å². The van der Waals surface area contributed by atoms with Crippen molar-refractivity contribution in [3.63, 3.8) is 0 Å². The van der Waals surface area contributed by atoms with Gasteiger partial charge in [-0.15, -0.1) is 0 Å². The van der Waals surface area contributed by atoms with Crippen LogP contribution in [0.5, 0.6) is 0 Å². The number of halogens is 2. The molecule has 6 heteroatoms. The molecule has 4 nitrogen and oxygen atoms in total. The Morgan fingerprint density at radius 2 is 1.85 bits per heavy atom. The van der Waals surface area contributed by atoms with Gasteiger partial charge in [-0.1, -0.05) is 13.8 Å². The SMILES string of the molecule is CC(C)NCCCN1C(=O)C(=O)c2cc(F)c(F)cc21. The third-order valence-electron chi connectivity index (χ3n) is 3.12. The van der Waals surface area contributed by atoms with E-state index in [-0.39, 0.29) is 11.3 Å². The molecule has 108 valence electrons. The van der Waals surface area contributed by atoms with Crippen LogP contribution in [-0.4, -0.2) is 30.8 Å². The second-order valence-corrected chi connectivity index (χ2v) is 5.03. The molecule has 0 saturated heterocycles. The maximum Gasteiger partial charge on any atom is 0.299 e. The van der Waals surface area contributed by atoms with Crippen LogP contribution in [0.1, 0.15) is 30.6 Å². The Morgan fingerprint density at radius 3 is 2.50 bits per heavy atom. The number of nitrogens with zero attached hydrogens (tertiary/aromatic N) is 1. The molecule has 0 unspecified atom stereocenters. The van der Waals surface area contributed by atoms with Crippen molar-refractivity contribution in [1.82, 2.24) is 5.32 Å². The lowest BCUT2D eigenvalue weighted by molar-refractivity contribution is -0.114. The summed E-state index contributed by atoms with van der Waals surface area (Å²) in [6.07, 6.45) is 0.621. The highest BCUT2D eigenvalue weighted by Crippen LogP contribution is 2.30. The van der Waals surface area contributed by atoms with Crippen LogP contribution in [0.3, 0.4) is 0 Å². The molecule has 1 amide bonds. The summed E-state index contributed by atoms with van der Waals surface area (Å²) in [4.78, 5) is 24.7. The maximum absolute atomic E-state index is 13.3. The van der Waals surface area contributed by atoms with Gasteiger partial charge < -0.3 is 10.2 Å². The van der Waals surface area contributed by atoms with Crippen molar-refractivity contribution in [3.05, 3.63) is 29.3 Å². The first-order chi connectivity index (χ1) is 9.41. The van der Waals surface area contributed by atoms with Gasteiger partial charge in [-0.25, -0.2) is 8.78 Å². The van der Waals surface area contributed by atoms with Crippen molar-refractivity contribution < 1.29 is 18.4 Å². The van der Waals surface area contributed by atoms with Crippen LogP contribution in [0, 0.1) is 11.6 Å². The van der Waals surface area contributed by atoms with Gasteiger partial charge in [0.1, 0.15) is 0 Å². The Balaban J connectivity index is 2.14. The lowest BCUT2D eigenvalue weighted by atomic mass is 10.1. The van der Waals surface area contributed by atoms with E-state index in [2.05, 4.69) is 5.32 Å². The summed E-state index contributed by atoms with van der Waals surface area (Å²) in [7, 11) is 0. The zero-order chi connectivity index (χ0) is 14.9. The second-order valence-electron chi connectivity index (χ2n) is 5.03. The minimum Gasteiger partial charge on any atom is -0.314 e. The first-order valence-corrected chi connectivity index (χ1v) is 6.50. The minimum atomic E-state index is -1.12. The maximum atomic E-state index is 13.3. The van der Waals surface area contributed by atoms with Gasteiger partial charge in [0, 0.05) is 18.7 Å². The number of hydrogen-bond donors (Lipinski definition) is 1. The topological polar surface area (TPSA) is 49.4 Å². The fourth-order valence-corrected chi connectivity index (χ4v) is 2.14. The Labute approximate surface area is 115 Å². The third kappa shape index (κ3) is 2.70. The number of amides is 1. The highest BCUT2D eigenvalue weighted by atomic mass is 19.2. The van der Waals surface area contributed by atoms with Crippen molar-refractivity contribution in [2.45, 2.75) is 26.3 Å². The normalized spacial score (nSPS) is 14.3. The molecule has 0 fully saturated rings. The smallest absolute Gasteiger partial charge is 0.299 e. The number of carbonyl (C=O) groups excluding carboxylic acids is 2. The number of ketones is 1. The number of rotatable bonds is 5. The molecule has 1 N–H and O–H groups in total. The molecule has 0 aromatic heterocycles. The summed E-state index contributed by atoms with van der Waals surface area (Å²) in [5, 5.41) is 3.18. The molecular formula is C14H16F2N2O2. The lowest BCUT2D eigenvalue weighted by Gasteiger charge is -2.17. The summed E-state index contributed by atoms with van der Waals surface area (Å²) in [6.45, 7) is 4.97. The van der Waals surface area contributed by atoms with E-state index in [1.54, 1.807) is 0 Å². The van der Waals surface area contributed by atoms with Crippen molar-refractivity contribution in [2.75, 3.05) is 18.0 Å². The van der Waals surface area contributed by atoms with Gasteiger partial charge in [0.2, 0.25) is 0 Å². The molecule has 1 aromatic carbocycles. The third-order valence-corrected chi connectivity index (χ3v) is 3.12. The molecule has 0 radical (unpaired) electrons. The molecule has 1 aliphatic heterocycles. The number of carbonyl (C=O) groups is 2. The van der Waals surface area contributed by atoms with Crippen molar-refractivity contribution in [2.24, 2.45) is 0 Å². The summed E-state index contributed by atoms with van der Waals surface area (Å²) in [6, 6.07) is 2.02. The largest absolute Gasteiger partial charge is 0.314 e. The standard InChI is InChI=1S/C14H16F2N2O2/c1-8(2)17-4-3-5-18-12-7-11(16)10(15)6-9(12)13(19)14(18)20/h6-8,17H,3-5H2,1-2H3. The first kappa shape index (κ1) is 14.6. The van der Waals surface area contributed by atoms with Gasteiger partial charge in [-0.3, -0.25) is 9.59 Å². The van der Waals surface area contributed by atoms with Crippen molar-refractivity contribution in [1.29, 1.82) is 0 Å². The molecular weight excluding hydrogens is 266 g/mol. The summed E-state index contributed by atoms with van der Waals surface area (Å²) in [5.74, 6) is -3.69. The van der Waals surface area contributed by atoms with E-state index in [1.165, 1.54) is 4.90 Å². The molecule has 0 spiro atoms. The number of hydrogen-bond acceptors (Lipinski definition) is 3. The summed E-state index contributed by atoms with van der Waals surface area (Å²) >= 11 is 0. The zero-order valence-electron chi connectivity index (χ0n) is 11.4. The zero-order valence-corrected chi connectivity index (χ0v) is 11.4. The average molecular weight is 282 g/mol. The molecule has 0 atom stereocenters. The summed E-state index contributed by atoms with van der Waals surface area (Å²) < 4.78 is 26.4. The number of benzene rings is 1. The molecule has 0 bridgehead atoms. The Hall–Kier alpha value is -1.82. The van der Waals surface area contributed by atoms with Crippen LogP contribution in [0.4, 0.5) is 14.5 Å². The van der Waals surface area contributed by atoms with Crippen LogP contribution in [0.15, 0.2) is 12.1 Å². The van der Waals surface area contributed by atoms with E-state index in [9.17, 15) is 18.4 Å². The molecule has 1 heterocycles. The van der Waals surface area contributed by atoms with Crippen molar-refractivity contribution in [3.8, 4) is 0 Å². The van der Waals surface area contributed by atoms with Crippen LogP contribution in [0.2, 0.25) is 0 Å². The number of anilines is 1. The Kier molecular flexibility index (Phi) is 4.13. The van der Waals surface area contributed by atoms with E-state index in [1.807, 2.05) is 13.8 Å². The first-order valence-electron chi connectivity index (χ1n) is 6.50. The number of Topliss-reactive ketones (excluding diaryl/α,β-unsaturated/α-hetero) is 1. The van der Waals surface area contributed by atoms with Gasteiger partial charge in [0.15, 0.2) is 11.6 Å². The van der Waals surface area contributed by atoms with Crippen molar-refractivity contribution >= 4 is 17.4 Å². The van der Waals surface area contributed by atoms with E-state index >= 15 is 0 Å². The molecule has 2 rings (SSSR count). The average Bonchev–Trinajstić information content (AvgIpc) is 2.60. The molecule has 1 aromatic rings. The monoisotopic (exact) mass is 282 g/mol. The fraction of sp³-hybridized carbons (Fsp3) is 0.429. The van der Waals surface area contributed by atoms with Crippen LogP contribution >= 0.6 is 0 Å². The number of nitrogens with one attached hydrogen (secondary N) is 1. The number of fused-ring (bicyclic) bond motifs is 1.